The molecule has 0 saturated heterocycles. The van der Waals surface area contributed by atoms with Crippen molar-refractivity contribution in [3.8, 4) is 0 Å². The van der Waals surface area contributed by atoms with E-state index in [9.17, 15) is 0 Å². The van der Waals surface area contributed by atoms with Crippen LogP contribution < -0.4 is 0 Å². The first-order valence-electron chi connectivity index (χ1n) is 7.53. The maximum absolute atomic E-state index is 6.16. The minimum Gasteiger partial charge on any atom is -0.292 e. The molecule has 20 heavy (non-hydrogen) atoms. The molecule has 0 bridgehead atoms. The van der Waals surface area contributed by atoms with Gasteiger partial charge in [0.15, 0.2) is 0 Å². The lowest BCUT2D eigenvalue weighted by atomic mass is 9.72. The summed E-state index contributed by atoms with van der Waals surface area (Å²) in [5.74, 6) is 0. The van der Waals surface area contributed by atoms with Crippen LogP contribution in [0, 0.1) is 5.41 Å². The highest BCUT2D eigenvalue weighted by Gasteiger charge is 2.43. The van der Waals surface area contributed by atoms with Crippen LogP contribution in [0.2, 0.25) is 5.02 Å². The van der Waals surface area contributed by atoms with Crippen LogP contribution in [0.25, 0.3) is 0 Å². The zero-order valence-electron chi connectivity index (χ0n) is 12.8. The summed E-state index contributed by atoms with van der Waals surface area (Å²) < 4.78 is 0. The summed E-state index contributed by atoms with van der Waals surface area (Å²) in [7, 11) is 1.91. The molecule has 0 radical (unpaired) electrons. The molecule has 0 fully saturated rings. The van der Waals surface area contributed by atoms with Gasteiger partial charge in [-0.2, -0.15) is 0 Å². The van der Waals surface area contributed by atoms with Crippen LogP contribution in [0.15, 0.2) is 35.3 Å². The number of aliphatic imine (C=N–C) groups is 1. The minimum absolute atomic E-state index is 0.0204. The normalized spacial score (nSPS) is 23.1. The minimum atomic E-state index is 0.0204. The average molecular weight is 290 g/mol. The van der Waals surface area contributed by atoms with Gasteiger partial charge in [0.05, 0.1) is 5.71 Å². The summed E-state index contributed by atoms with van der Waals surface area (Å²) in [5, 5.41) is 0.813. The Morgan fingerprint density at radius 1 is 1.40 bits per heavy atom. The van der Waals surface area contributed by atoms with Crippen molar-refractivity contribution in [1.29, 1.82) is 0 Å². The maximum atomic E-state index is 6.16. The Kier molecular flexibility index (Phi) is 4.70. The van der Waals surface area contributed by atoms with Gasteiger partial charge in [0.2, 0.25) is 0 Å². The van der Waals surface area contributed by atoms with Crippen LogP contribution in [-0.4, -0.2) is 12.8 Å². The standard InChI is InChI=1S/C18H24ClN/c1-5-7-10-18(13(3)6-2)12-14-11-15(19)8-9-16(14)17(18)20-4/h8-9,11H,3,5-7,10,12H2,1-2,4H3. The summed E-state index contributed by atoms with van der Waals surface area (Å²) >= 11 is 6.16. The van der Waals surface area contributed by atoms with E-state index in [1.165, 1.54) is 35.3 Å². The first-order chi connectivity index (χ1) is 9.58. The predicted molar refractivity (Wildman–Crippen MR) is 89.0 cm³/mol. The second kappa shape index (κ2) is 6.13. The third-order valence-corrected chi connectivity index (χ3v) is 4.79. The molecule has 1 aliphatic rings. The Hall–Kier alpha value is -1.08. The van der Waals surface area contributed by atoms with Crippen molar-refractivity contribution in [3.05, 3.63) is 46.5 Å². The van der Waals surface area contributed by atoms with Crippen molar-refractivity contribution < 1.29 is 0 Å². The van der Waals surface area contributed by atoms with E-state index >= 15 is 0 Å². The van der Waals surface area contributed by atoms with Gasteiger partial charge < -0.3 is 0 Å². The molecular weight excluding hydrogens is 266 g/mol. The molecule has 0 saturated carbocycles. The van der Waals surface area contributed by atoms with E-state index in [1.54, 1.807) is 0 Å². The second-order valence-corrected chi connectivity index (χ2v) is 6.13. The number of hydrogen-bond donors (Lipinski definition) is 0. The first-order valence-corrected chi connectivity index (χ1v) is 7.91. The molecule has 1 aromatic rings. The van der Waals surface area contributed by atoms with Gasteiger partial charge in [-0.3, -0.25) is 4.99 Å². The molecule has 0 spiro atoms. The third-order valence-electron chi connectivity index (χ3n) is 4.55. The summed E-state index contributed by atoms with van der Waals surface area (Å²) in [4.78, 5) is 4.65. The van der Waals surface area contributed by atoms with Crippen molar-refractivity contribution in [2.45, 2.75) is 46.0 Å². The smallest absolute Gasteiger partial charge is 0.0525 e. The van der Waals surface area contributed by atoms with Crippen molar-refractivity contribution in [2.24, 2.45) is 10.4 Å². The van der Waals surface area contributed by atoms with E-state index in [4.69, 9.17) is 11.6 Å². The highest BCUT2D eigenvalue weighted by atomic mass is 35.5. The Balaban J connectivity index is 2.52. The van der Waals surface area contributed by atoms with E-state index in [1.807, 2.05) is 13.1 Å². The molecule has 2 heteroatoms. The maximum Gasteiger partial charge on any atom is 0.0525 e. The summed E-state index contributed by atoms with van der Waals surface area (Å²) in [6.45, 7) is 8.80. The first kappa shape index (κ1) is 15.3. The predicted octanol–water partition coefficient (Wildman–Crippen LogP) is 5.46. The fraction of sp³-hybridized carbons (Fsp3) is 0.500. The molecule has 1 atom stereocenters. The summed E-state index contributed by atoms with van der Waals surface area (Å²) in [6, 6.07) is 6.19. The molecular formula is C18H24ClN. The largest absolute Gasteiger partial charge is 0.292 e. The lowest BCUT2D eigenvalue weighted by molar-refractivity contribution is 0.438. The number of rotatable bonds is 5. The lowest BCUT2D eigenvalue weighted by Gasteiger charge is -2.32. The Bertz CT molecular complexity index is 544. The number of hydrogen-bond acceptors (Lipinski definition) is 1. The highest BCUT2D eigenvalue weighted by molar-refractivity contribution is 6.31. The van der Waals surface area contributed by atoms with Gasteiger partial charge in [-0.05, 0) is 42.5 Å². The van der Waals surface area contributed by atoms with Crippen LogP contribution in [0.4, 0.5) is 0 Å². The highest BCUT2D eigenvalue weighted by Crippen LogP contribution is 2.47. The fourth-order valence-electron chi connectivity index (χ4n) is 3.43. The Morgan fingerprint density at radius 3 is 2.75 bits per heavy atom. The zero-order valence-corrected chi connectivity index (χ0v) is 13.6. The van der Waals surface area contributed by atoms with E-state index in [2.05, 4.69) is 37.6 Å². The van der Waals surface area contributed by atoms with Gasteiger partial charge in [0, 0.05) is 17.5 Å². The van der Waals surface area contributed by atoms with Gasteiger partial charge in [0.1, 0.15) is 0 Å². The van der Waals surface area contributed by atoms with Crippen molar-refractivity contribution in [3.63, 3.8) is 0 Å². The molecule has 0 N–H and O–H groups in total. The van der Waals surface area contributed by atoms with Crippen molar-refractivity contribution in [2.75, 3.05) is 7.05 Å². The second-order valence-electron chi connectivity index (χ2n) is 5.69. The molecule has 2 rings (SSSR count). The number of nitrogens with zero attached hydrogens (tertiary/aromatic N) is 1. The lowest BCUT2D eigenvalue weighted by Crippen LogP contribution is -2.30. The third kappa shape index (κ3) is 2.44. The topological polar surface area (TPSA) is 12.4 Å². The molecule has 1 aliphatic carbocycles. The van der Waals surface area contributed by atoms with Gasteiger partial charge in [0.25, 0.3) is 0 Å². The van der Waals surface area contributed by atoms with Crippen LogP contribution in [0.1, 0.15) is 50.7 Å². The molecule has 1 aromatic carbocycles. The number of halogens is 1. The quantitative estimate of drug-likeness (QED) is 0.638. The van der Waals surface area contributed by atoms with E-state index in [0.29, 0.717) is 0 Å². The van der Waals surface area contributed by atoms with Crippen molar-refractivity contribution in [1.82, 2.24) is 0 Å². The molecule has 0 heterocycles. The van der Waals surface area contributed by atoms with Gasteiger partial charge in [-0.25, -0.2) is 0 Å². The Morgan fingerprint density at radius 2 is 2.15 bits per heavy atom. The van der Waals surface area contributed by atoms with Crippen molar-refractivity contribution >= 4 is 17.3 Å². The molecule has 0 aliphatic heterocycles. The van der Waals surface area contributed by atoms with Gasteiger partial charge in [-0.1, -0.05) is 56.5 Å². The number of unbranched alkanes of at least 4 members (excludes halogenated alkanes) is 1. The van der Waals surface area contributed by atoms with E-state index in [0.717, 1.165) is 24.3 Å². The summed E-state index contributed by atoms with van der Waals surface area (Å²) in [5.41, 5.74) is 5.13. The zero-order chi connectivity index (χ0) is 14.8. The van der Waals surface area contributed by atoms with Crippen LogP contribution in [0.5, 0.6) is 0 Å². The average Bonchev–Trinajstić information content (AvgIpc) is 2.77. The van der Waals surface area contributed by atoms with Gasteiger partial charge in [-0.15, -0.1) is 0 Å². The molecule has 1 nitrogen and oxygen atoms in total. The molecule has 108 valence electrons. The number of allylic oxidation sites excluding steroid dienone is 1. The number of fused-ring (bicyclic) bond motifs is 1. The van der Waals surface area contributed by atoms with E-state index in [-0.39, 0.29) is 5.41 Å². The monoisotopic (exact) mass is 289 g/mol. The Labute approximate surface area is 127 Å². The number of benzene rings is 1. The SMILES string of the molecule is C=C(CC)C1(CCCC)Cc2cc(Cl)ccc2C1=NC. The van der Waals surface area contributed by atoms with Crippen LogP contribution in [0.3, 0.4) is 0 Å². The molecule has 0 aromatic heterocycles. The fourth-order valence-corrected chi connectivity index (χ4v) is 3.63. The molecule has 1 unspecified atom stereocenters. The van der Waals surface area contributed by atoms with E-state index < -0.39 is 0 Å². The van der Waals surface area contributed by atoms with Crippen LogP contribution >= 0.6 is 11.6 Å². The molecule has 0 amide bonds. The summed E-state index contributed by atoms with van der Waals surface area (Å²) in [6.07, 6.45) is 5.55. The van der Waals surface area contributed by atoms with Crippen LogP contribution in [-0.2, 0) is 6.42 Å². The van der Waals surface area contributed by atoms with Gasteiger partial charge >= 0.3 is 0 Å².